The van der Waals surface area contributed by atoms with Crippen molar-refractivity contribution in [2.45, 2.75) is 59.5 Å². The molecule has 0 bridgehead atoms. The standard InChI is InChI=1S/C13H24O3/c1-9(10(2)14)13(11(15)16)7-5-12(3,4)6-8-13/h9-10,14H,5-8H2,1-4H3,(H,15,16). The van der Waals surface area contributed by atoms with Crippen LogP contribution < -0.4 is 0 Å². The first-order valence-electron chi connectivity index (χ1n) is 6.13. The van der Waals surface area contributed by atoms with Crippen molar-refractivity contribution in [2.24, 2.45) is 16.7 Å². The normalized spacial score (nSPS) is 27.1. The zero-order valence-corrected chi connectivity index (χ0v) is 10.8. The average Bonchev–Trinajstić information content (AvgIpc) is 2.16. The Bertz CT molecular complexity index is 258. The first-order chi connectivity index (χ1) is 7.21. The van der Waals surface area contributed by atoms with E-state index in [4.69, 9.17) is 0 Å². The molecule has 1 rings (SSSR count). The summed E-state index contributed by atoms with van der Waals surface area (Å²) >= 11 is 0. The van der Waals surface area contributed by atoms with Crippen molar-refractivity contribution >= 4 is 5.97 Å². The van der Waals surface area contributed by atoms with Gasteiger partial charge in [0.05, 0.1) is 11.5 Å². The van der Waals surface area contributed by atoms with Gasteiger partial charge in [-0.15, -0.1) is 0 Å². The number of rotatable bonds is 3. The molecule has 0 aromatic carbocycles. The second kappa shape index (κ2) is 4.36. The van der Waals surface area contributed by atoms with E-state index in [1.165, 1.54) is 0 Å². The molecule has 0 aliphatic heterocycles. The van der Waals surface area contributed by atoms with E-state index in [0.29, 0.717) is 12.8 Å². The summed E-state index contributed by atoms with van der Waals surface area (Å²) in [7, 11) is 0. The minimum atomic E-state index is -0.739. The summed E-state index contributed by atoms with van der Waals surface area (Å²) in [5.74, 6) is -0.919. The maximum Gasteiger partial charge on any atom is 0.310 e. The number of carbonyl (C=O) groups is 1. The van der Waals surface area contributed by atoms with Crippen molar-refractivity contribution in [1.29, 1.82) is 0 Å². The fourth-order valence-electron chi connectivity index (χ4n) is 2.70. The third kappa shape index (κ3) is 2.40. The van der Waals surface area contributed by atoms with E-state index in [1.54, 1.807) is 6.92 Å². The van der Waals surface area contributed by atoms with E-state index >= 15 is 0 Å². The number of hydrogen-bond acceptors (Lipinski definition) is 2. The van der Waals surface area contributed by atoms with Gasteiger partial charge in [0.15, 0.2) is 0 Å². The minimum Gasteiger partial charge on any atom is -0.481 e. The number of hydrogen-bond donors (Lipinski definition) is 2. The van der Waals surface area contributed by atoms with E-state index in [0.717, 1.165) is 12.8 Å². The zero-order valence-electron chi connectivity index (χ0n) is 10.8. The van der Waals surface area contributed by atoms with Crippen LogP contribution in [-0.4, -0.2) is 22.3 Å². The van der Waals surface area contributed by atoms with Crippen LogP contribution in [0.25, 0.3) is 0 Å². The van der Waals surface area contributed by atoms with Crippen LogP contribution in [0, 0.1) is 16.7 Å². The van der Waals surface area contributed by atoms with Crippen molar-refractivity contribution in [3.63, 3.8) is 0 Å². The first kappa shape index (κ1) is 13.5. The van der Waals surface area contributed by atoms with Gasteiger partial charge in [0.25, 0.3) is 0 Å². The summed E-state index contributed by atoms with van der Waals surface area (Å²) in [4.78, 5) is 11.5. The van der Waals surface area contributed by atoms with Gasteiger partial charge < -0.3 is 10.2 Å². The third-order valence-electron chi connectivity index (χ3n) is 4.52. The van der Waals surface area contributed by atoms with Crippen LogP contribution in [0.15, 0.2) is 0 Å². The van der Waals surface area contributed by atoms with Crippen molar-refractivity contribution in [3.05, 3.63) is 0 Å². The lowest BCUT2D eigenvalue weighted by molar-refractivity contribution is -0.160. The smallest absolute Gasteiger partial charge is 0.310 e. The lowest BCUT2D eigenvalue weighted by atomic mass is 9.59. The van der Waals surface area contributed by atoms with Gasteiger partial charge in [0.1, 0.15) is 0 Å². The van der Waals surface area contributed by atoms with Crippen LogP contribution in [-0.2, 0) is 4.79 Å². The molecule has 1 aliphatic carbocycles. The molecule has 2 unspecified atom stereocenters. The highest BCUT2D eigenvalue weighted by molar-refractivity contribution is 5.75. The Morgan fingerprint density at radius 1 is 1.12 bits per heavy atom. The van der Waals surface area contributed by atoms with Gasteiger partial charge in [0.2, 0.25) is 0 Å². The van der Waals surface area contributed by atoms with Crippen LogP contribution >= 0.6 is 0 Å². The molecule has 0 radical (unpaired) electrons. The molecule has 0 aromatic heterocycles. The molecule has 3 nitrogen and oxygen atoms in total. The second-order valence-electron chi connectivity index (χ2n) is 6.15. The van der Waals surface area contributed by atoms with Gasteiger partial charge in [0, 0.05) is 0 Å². The predicted molar refractivity (Wildman–Crippen MR) is 63.2 cm³/mol. The molecule has 2 atom stereocenters. The van der Waals surface area contributed by atoms with Gasteiger partial charge in [-0.1, -0.05) is 20.8 Å². The van der Waals surface area contributed by atoms with E-state index in [9.17, 15) is 15.0 Å². The number of aliphatic hydroxyl groups is 1. The number of carboxylic acid groups (broad SMARTS) is 1. The largest absolute Gasteiger partial charge is 0.481 e. The number of carboxylic acids is 1. The molecule has 0 spiro atoms. The van der Waals surface area contributed by atoms with Gasteiger partial charge in [-0.3, -0.25) is 4.79 Å². The zero-order chi connectivity index (χ0) is 12.6. The Labute approximate surface area is 97.9 Å². The molecule has 1 saturated carbocycles. The highest BCUT2D eigenvalue weighted by atomic mass is 16.4. The maximum atomic E-state index is 11.5. The molecule has 2 N–H and O–H groups in total. The van der Waals surface area contributed by atoms with E-state index in [1.807, 2.05) is 6.92 Å². The van der Waals surface area contributed by atoms with Crippen LogP contribution in [0.1, 0.15) is 53.4 Å². The minimum absolute atomic E-state index is 0.180. The van der Waals surface area contributed by atoms with Gasteiger partial charge >= 0.3 is 5.97 Å². The summed E-state index contributed by atoms with van der Waals surface area (Å²) in [5.41, 5.74) is -0.471. The number of aliphatic hydroxyl groups excluding tert-OH is 1. The van der Waals surface area contributed by atoms with Crippen molar-refractivity contribution in [1.82, 2.24) is 0 Å². The Morgan fingerprint density at radius 2 is 1.56 bits per heavy atom. The van der Waals surface area contributed by atoms with E-state index < -0.39 is 17.5 Å². The summed E-state index contributed by atoms with van der Waals surface area (Å²) in [6.45, 7) is 7.92. The summed E-state index contributed by atoms with van der Waals surface area (Å²) in [6, 6.07) is 0. The molecule has 0 amide bonds. The van der Waals surface area contributed by atoms with Crippen molar-refractivity contribution < 1.29 is 15.0 Å². The highest BCUT2D eigenvalue weighted by Crippen LogP contribution is 2.49. The third-order valence-corrected chi connectivity index (χ3v) is 4.52. The lowest BCUT2D eigenvalue weighted by Gasteiger charge is -2.45. The van der Waals surface area contributed by atoms with Crippen LogP contribution in [0.2, 0.25) is 0 Å². The first-order valence-corrected chi connectivity index (χ1v) is 6.13. The van der Waals surface area contributed by atoms with Crippen LogP contribution in [0.5, 0.6) is 0 Å². The van der Waals surface area contributed by atoms with Gasteiger partial charge in [-0.2, -0.15) is 0 Å². The Morgan fingerprint density at radius 3 is 1.88 bits per heavy atom. The molecule has 3 heteroatoms. The fourth-order valence-corrected chi connectivity index (χ4v) is 2.70. The Kier molecular flexibility index (Phi) is 3.68. The molecule has 0 heterocycles. The van der Waals surface area contributed by atoms with E-state index in [-0.39, 0.29) is 11.3 Å². The number of aliphatic carboxylic acids is 1. The molecule has 1 fully saturated rings. The summed E-state index contributed by atoms with van der Waals surface area (Å²) in [6.07, 6.45) is 2.66. The van der Waals surface area contributed by atoms with Gasteiger partial charge in [-0.25, -0.2) is 0 Å². The molecule has 16 heavy (non-hydrogen) atoms. The highest BCUT2D eigenvalue weighted by Gasteiger charge is 2.49. The SMILES string of the molecule is CC(O)C(C)C1(C(=O)O)CCC(C)(C)CC1. The topological polar surface area (TPSA) is 57.5 Å². The molecule has 94 valence electrons. The van der Waals surface area contributed by atoms with Crippen LogP contribution in [0.4, 0.5) is 0 Å². The quantitative estimate of drug-likeness (QED) is 0.780. The second-order valence-corrected chi connectivity index (χ2v) is 6.15. The average molecular weight is 228 g/mol. The summed E-state index contributed by atoms with van der Waals surface area (Å²) in [5, 5.41) is 19.1. The molecular formula is C13H24O3. The van der Waals surface area contributed by atoms with Crippen molar-refractivity contribution in [2.75, 3.05) is 0 Å². The van der Waals surface area contributed by atoms with Crippen molar-refractivity contribution in [3.8, 4) is 0 Å². The Balaban J connectivity index is 2.89. The monoisotopic (exact) mass is 228 g/mol. The predicted octanol–water partition coefficient (Wildman–Crippen LogP) is 2.67. The van der Waals surface area contributed by atoms with E-state index in [2.05, 4.69) is 13.8 Å². The fraction of sp³-hybridized carbons (Fsp3) is 0.923. The van der Waals surface area contributed by atoms with Gasteiger partial charge in [-0.05, 0) is 43.9 Å². The molecular weight excluding hydrogens is 204 g/mol. The molecule has 0 aromatic rings. The molecule has 0 saturated heterocycles. The lowest BCUT2D eigenvalue weighted by Crippen LogP contribution is -2.46. The molecule has 1 aliphatic rings. The summed E-state index contributed by atoms with van der Waals surface area (Å²) < 4.78 is 0. The maximum absolute atomic E-state index is 11.5. The Hall–Kier alpha value is -0.570. The van der Waals surface area contributed by atoms with Crippen LogP contribution in [0.3, 0.4) is 0 Å².